The molecule has 0 heterocycles. The number of halogens is 4. The number of hydrogen-bond acceptors (Lipinski definition) is 2. The minimum absolute atomic E-state index is 0.0801. The summed E-state index contributed by atoms with van der Waals surface area (Å²) in [6, 6.07) is 15.0. The fourth-order valence-electron chi connectivity index (χ4n) is 2.87. The highest BCUT2D eigenvalue weighted by Gasteiger charge is 2.24. The van der Waals surface area contributed by atoms with Gasteiger partial charge in [-0.25, -0.2) is 13.6 Å². The van der Waals surface area contributed by atoms with Crippen molar-refractivity contribution in [2.45, 2.75) is 11.1 Å². The largest absolute Gasteiger partial charge is 0.409 e. The lowest BCUT2D eigenvalue weighted by atomic mass is 9.94. The maximum Gasteiger partial charge on any atom is 0.409 e. The van der Waals surface area contributed by atoms with Gasteiger partial charge in [0.2, 0.25) is 10.0 Å². The van der Waals surface area contributed by atoms with Gasteiger partial charge in [0.05, 0.1) is 4.90 Å². The first kappa shape index (κ1) is 19.8. The number of allylic oxidation sites excluding steroid dienone is 1. The number of sulfonamides is 1. The van der Waals surface area contributed by atoms with Gasteiger partial charge in [0.1, 0.15) is 0 Å². The van der Waals surface area contributed by atoms with E-state index in [1.807, 2.05) is 40.8 Å². The predicted molar refractivity (Wildman–Crippen MR) is 109 cm³/mol. The summed E-state index contributed by atoms with van der Waals surface area (Å²) >= 11 is 2.04. The predicted octanol–water partition coefficient (Wildman–Crippen LogP) is 5.33. The molecule has 0 radical (unpaired) electrons. The second-order valence-corrected chi connectivity index (χ2v) is 8.48. The van der Waals surface area contributed by atoms with Crippen LogP contribution < -0.4 is 5.14 Å². The molecule has 0 amide bonds. The van der Waals surface area contributed by atoms with Crippen molar-refractivity contribution >= 4 is 49.5 Å². The van der Waals surface area contributed by atoms with Crippen LogP contribution in [0.2, 0.25) is 0 Å². The Balaban J connectivity index is 2.45. The SMILES string of the molecule is NS(=O)(=O)c1cccc(C=CC(F)(F)F)c1-c1c(I)ccc2ccccc12. The third-order valence-electron chi connectivity index (χ3n) is 3.95. The molecule has 0 aliphatic rings. The number of benzene rings is 3. The number of hydrogen-bond donors (Lipinski definition) is 1. The quantitative estimate of drug-likeness (QED) is 0.491. The van der Waals surface area contributed by atoms with Gasteiger partial charge in [-0.15, -0.1) is 0 Å². The standard InChI is InChI=1S/C19H13F3INO2S/c20-19(21,22)11-10-13-5-3-7-16(27(24,25)26)17(13)18-14-6-2-1-4-12(14)8-9-15(18)23/h1-11H,(H2,24,25,26). The molecule has 2 N–H and O–H groups in total. The zero-order valence-electron chi connectivity index (χ0n) is 13.7. The van der Waals surface area contributed by atoms with E-state index in [2.05, 4.69) is 0 Å². The molecule has 0 bridgehead atoms. The van der Waals surface area contributed by atoms with Crippen LogP contribution >= 0.6 is 22.6 Å². The molecule has 0 spiro atoms. The molecule has 0 fully saturated rings. The summed E-state index contributed by atoms with van der Waals surface area (Å²) in [5.74, 6) is 0. The van der Waals surface area contributed by atoms with Gasteiger partial charge in [0.15, 0.2) is 0 Å². The zero-order chi connectivity index (χ0) is 19.8. The normalized spacial score (nSPS) is 12.8. The Morgan fingerprint density at radius 2 is 1.63 bits per heavy atom. The second-order valence-electron chi connectivity index (χ2n) is 5.78. The van der Waals surface area contributed by atoms with E-state index in [0.29, 0.717) is 9.13 Å². The number of primary sulfonamides is 1. The Hall–Kier alpha value is -1.91. The van der Waals surface area contributed by atoms with Crippen LogP contribution in [-0.4, -0.2) is 14.6 Å². The molecule has 8 heteroatoms. The number of fused-ring (bicyclic) bond motifs is 1. The Morgan fingerprint density at radius 3 is 2.30 bits per heavy atom. The van der Waals surface area contributed by atoms with E-state index < -0.39 is 16.2 Å². The van der Waals surface area contributed by atoms with Crippen LogP contribution in [0.5, 0.6) is 0 Å². The van der Waals surface area contributed by atoms with Crippen molar-refractivity contribution in [1.82, 2.24) is 0 Å². The summed E-state index contributed by atoms with van der Waals surface area (Å²) in [5.41, 5.74) is 0.801. The molecule has 0 unspecified atom stereocenters. The highest BCUT2D eigenvalue weighted by atomic mass is 127. The van der Waals surface area contributed by atoms with E-state index in [1.54, 1.807) is 18.2 Å². The zero-order valence-corrected chi connectivity index (χ0v) is 16.6. The van der Waals surface area contributed by atoms with Crippen molar-refractivity contribution in [3.63, 3.8) is 0 Å². The molecular formula is C19H13F3INO2S. The maximum absolute atomic E-state index is 12.7. The lowest BCUT2D eigenvalue weighted by Crippen LogP contribution is -2.14. The third-order valence-corrected chi connectivity index (χ3v) is 5.80. The first-order valence-electron chi connectivity index (χ1n) is 7.67. The van der Waals surface area contributed by atoms with Gasteiger partial charge in [0, 0.05) is 20.8 Å². The fourth-order valence-corrected chi connectivity index (χ4v) is 4.39. The molecule has 3 nitrogen and oxygen atoms in total. The Morgan fingerprint density at radius 1 is 0.926 bits per heavy atom. The van der Waals surface area contributed by atoms with E-state index in [9.17, 15) is 21.6 Å². The van der Waals surface area contributed by atoms with Crippen LogP contribution in [0.25, 0.3) is 28.0 Å². The van der Waals surface area contributed by atoms with Gasteiger partial charge < -0.3 is 0 Å². The first-order chi connectivity index (χ1) is 12.6. The van der Waals surface area contributed by atoms with E-state index in [4.69, 9.17) is 5.14 Å². The van der Waals surface area contributed by atoms with Gasteiger partial charge in [-0.3, -0.25) is 0 Å². The lowest BCUT2D eigenvalue weighted by molar-refractivity contribution is -0.0790. The molecule has 140 valence electrons. The molecule has 3 aromatic rings. The summed E-state index contributed by atoms with van der Waals surface area (Å²) in [6.45, 7) is 0. The van der Waals surface area contributed by atoms with Gasteiger partial charge >= 0.3 is 6.18 Å². The molecule has 3 aromatic carbocycles. The maximum atomic E-state index is 12.7. The molecule has 0 aromatic heterocycles. The highest BCUT2D eigenvalue weighted by molar-refractivity contribution is 14.1. The van der Waals surface area contributed by atoms with Gasteiger partial charge in [-0.1, -0.05) is 42.5 Å². The minimum Gasteiger partial charge on any atom is -0.225 e. The topological polar surface area (TPSA) is 60.2 Å². The van der Waals surface area contributed by atoms with Crippen molar-refractivity contribution in [2.24, 2.45) is 5.14 Å². The Bertz CT molecular complexity index is 1160. The molecule has 0 atom stereocenters. The van der Waals surface area contributed by atoms with Crippen LogP contribution in [0.15, 0.2) is 65.6 Å². The minimum atomic E-state index is -4.53. The molecule has 0 saturated carbocycles. The van der Waals surface area contributed by atoms with E-state index in [-0.39, 0.29) is 22.1 Å². The number of rotatable bonds is 3. The molecular weight excluding hydrogens is 490 g/mol. The summed E-state index contributed by atoms with van der Waals surface area (Å²) in [4.78, 5) is -0.221. The summed E-state index contributed by atoms with van der Waals surface area (Å²) in [6.07, 6.45) is -3.58. The van der Waals surface area contributed by atoms with E-state index in [1.165, 1.54) is 18.2 Å². The van der Waals surface area contributed by atoms with Crippen molar-refractivity contribution in [1.29, 1.82) is 0 Å². The average Bonchev–Trinajstić information content (AvgIpc) is 2.58. The highest BCUT2D eigenvalue weighted by Crippen LogP contribution is 2.39. The molecule has 0 saturated heterocycles. The Kier molecular flexibility index (Phi) is 5.33. The Labute approximate surface area is 167 Å². The van der Waals surface area contributed by atoms with Crippen LogP contribution in [0.3, 0.4) is 0 Å². The van der Waals surface area contributed by atoms with Crippen LogP contribution in [-0.2, 0) is 10.0 Å². The van der Waals surface area contributed by atoms with Crippen molar-refractivity contribution in [2.75, 3.05) is 0 Å². The van der Waals surface area contributed by atoms with Crippen LogP contribution in [0.1, 0.15) is 5.56 Å². The number of alkyl halides is 3. The lowest BCUT2D eigenvalue weighted by Gasteiger charge is -2.16. The fraction of sp³-hybridized carbons (Fsp3) is 0.0526. The summed E-state index contributed by atoms with van der Waals surface area (Å²) in [5, 5.41) is 6.92. The smallest absolute Gasteiger partial charge is 0.225 e. The summed E-state index contributed by atoms with van der Waals surface area (Å²) in [7, 11) is -4.16. The molecule has 0 aliphatic heterocycles. The van der Waals surface area contributed by atoms with Crippen LogP contribution in [0.4, 0.5) is 13.2 Å². The van der Waals surface area contributed by atoms with Gasteiger partial charge in [-0.05, 0) is 57.1 Å². The average molecular weight is 503 g/mol. The molecule has 27 heavy (non-hydrogen) atoms. The second kappa shape index (κ2) is 7.25. The summed E-state index contributed by atoms with van der Waals surface area (Å²) < 4.78 is 63.1. The third kappa shape index (κ3) is 4.33. The van der Waals surface area contributed by atoms with E-state index >= 15 is 0 Å². The van der Waals surface area contributed by atoms with Crippen molar-refractivity contribution < 1.29 is 21.6 Å². The van der Waals surface area contributed by atoms with E-state index in [0.717, 1.165) is 16.8 Å². The van der Waals surface area contributed by atoms with Gasteiger partial charge in [0.25, 0.3) is 0 Å². The molecule has 3 rings (SSSR count). The van der Waals surface area contributed by atoms with Crippen LogP contribution in [0, 0.1) is 3.57 Å². The van der Waals surface area contributed by atoms with Gasteiger partial charge in [-0.2, -0.15) is 13.2 Å². The number of nitrogens with two attached hydrogens (primary N) is 1. The van der Waals surface area contributed by atoms with Crippen molar-refractivity contribution in [3.05, 3.63) is 69.8 Å². The molecule has 0 aliphatic carbocycles. The monoisotopic (exact) mass is 503 g/mol. The van der Waals surface area contributed by atoms with Crippen molar-refractivity contribution in [3.8, 4) is 11.1 Å². The first-order valence-corrected chi connectivity index (χ1v) is 10.3.